The minimum atomic E-state index is -0.303. The lowest BCUT2D eigenvalue weighted by atomic mass is 9.97. The SMILES string of the molecule is CC(NC(=O)CCc1nc2sc3c(c2c(=O)[nH]1)CCCC3)c1ccc(F)cc1. The largest absolute Gasteiger partial charge is 0.350 e. The summed E-state index contributed by atoms with van der Waals surface area (Å²) in [4.78, 5) is 34.3. The Bertz CT molecular complexity index is 1070. The van der Waals surface area contributed by atoms with E-state index in [0.29, 0.717) is 12.2 Å². The highest BCUT2D eigenvalue weighted by Crippen LogP contribution is 2.33. The average Bonchev–Trinajstić information content (AvgIpc) is 3.05. The predicted octanol–water partition coefficient (Wildman–Crippen LogP) is 3.81. The molecule has 0 spiro atoms. The topological polar surface area (TPSA) is 74.8 Å². The van der Waals surface area contributed by atoms with Crippen molar-refractivity contribution < 1.29 is 9.18 Å². The number of nitrogens with zero attached hydrogens (tertiary/aromatic N) is 1. The van der Waals surface area contributed by atoms with Gasteiger partial charge in [-0.15, -0.1) is 11.3 Å². The van der Waals surface area contributed by atoms with E-state index in [1.54, 1.807) is 23.5 Å². The van der Waals surface area contributed by atoms with Gasteiger partial charge in [-0.05, 0) is 55.9 Å². The molecule has 5 nitrogen and oxygen atoms in total. The summed E-state index contributed by atoms with van der Waals surface area (Å²) in [7, 11) is 0. The number of benzene rings is 1. The summed E-state index contributed by atoms with van der Waals surface area (Å²) >= 11 is 1.61. The van der Waals surface area contributed by atoms with Gasteiger partial charge in [0.15, 0.2) is 0 Å². The molecule has 28 heavy (non-hydrogen) atoms. The van der Waals surface area contributed by atoms with Crippen LogP contribution < -0.4 is 10.9 Å². The van der Waals surface area contributed by atoms with Crippen molar-refractivity contribution in [2.24, 2.45) is 0 Å². The standard InChI is InChI=1S/C21H22FN3O2S/c1-12(13-6-8-14(22)9-7-13)23-18(26)11-10-17-24-20(27)19-15-4-2-3-5-16(15)28-21(19)25-17/h6-9,12H,2-5,10-11H2,1H3,(H,23,26)(H,24,25,27). The maximum Gasteiger partial charge on any atom is 0.259 e. The molecular weight excluding hydrogens is 377 g/mol. The highest BCUT2D eigenvalue weighted by molar-refractivity contribution is 7.18. The second kappa shape index (κ2) is 7.83. The summed E-state index contributed by atoms with van der Waals surface area (Å²) in [6, 6.07) is 5.86. The van der Waals surface area contributed by atoms with Crippen LogP contribution in [-0.2, 0) is 24.1 Å². The van der Waals surface area contributed by atoms with Gasteiger partial charge in [0.2, 0.25) is 5.91 Å². The number of aromatic amines is 1. The molecule has 7 heteroatoms. The van der Waals surface area contributed by atoms with Crippen LogP contribution in [0.3, 0.4) is 0 Å². The third-order valence-electron chi connectivity index (χ3n) is 5.21. The van der Waals surface area contributed by atoms with E-state index in [4.69, 9.17) is 0 Å². The molecule has 1 aliphatic carbocycles. The molecule has 1 unspecified atom stereocenters. The Morgan fingerprint density at radius 3 is 2.82 bits per heavy atom. The Hall–Kier alpha value is -2.54. The number of hydrogen-bond acceptors (Lipinski definition) is 4. The second-order valence-electron chi connectivity index (χ2n) is 7.24. The molecule has 0 radical (unpaired) electrons. The third kappa shape index (κ3) is 3.85. The zero-order valence-corrected chi connectivity index (χ0v) is 16.5. The van der Waals surface area contributed by atoms with Gasteiger partial charge in [0.1, 0.15) is 16.5 Å². The summed E-state index contributed by atoms with van der Waals surface area (Å²) in [5.74, 6) is 0.105. The fourth-order valence-corrected chi connectivity index (χ4v) is 4.99. The summed E-state index contributed by atoms with van der Waals surface area (Å²) < 4.78 is 13.0. The van der Waals surface area contributed by atoms with Crippen molar-refractivity contribution in [3.8, 4) is 0 Å². The smallest absolute Gasteiger partial charge is 0.259 e. The van der Waals surface area contributed by atoms with Crippen LogP contribution in [0, 0.1) is 5.82 Å². The van der Waals surface area contributed by atoms with Crippen LogP contribution in [0.4, 0.5) is 4.39 Å². The fourth-order valence-electron chi connectivity index (χ4n) is 3.71. The van der Waals surface area contributed by atoms with E-state index in [1.165, 1.54) is 17.0 Å². The Kier molecular flexibility index (Phi) is 5.26. The fraction of sp³-hybridized carbons (Fsp3) is 0.381. The number of thiophene rings is 1. The number of nitrogens with one attached hydrogen (secondary N) is 2. The molecule has 2 aromatic heterocycles. The van der Waals surface area contributed by atoms with Gasteiger partial charge < -0.3 is 10.3 Å². The molecule has 1 amide bonds. The van der Waals surface area contributed by atoms with Crippen molar-refractivity contribution in [1.82, 2.24) is 15.3 Å². The Labute approximate surface area is 166 Å². The van der Waals surface area contributed by atoms with Crippen LogP contribution in [0.5, 0.6) is 0 Å². The molecule has 146 valence electrons. The molecule has 0 saturated heterocycles. The maximum absolute atomic E-state index is 13.0. The van der Waals surface area contributed by atoms with Gasteiger partial charge in [0.05, 0.1) is 11.4 Å². The van der Waals surface area contributed by atoms with Gasteiger partial charge in [-0.2, -0.15) is 0 Å². The Morgan fingerprint density at radius 1 is 1.29 bits per heavy atom. The molecule has 1 aromatic carbocycles. The quantitative estimate of drug-likeness (QED) is 0.685. The number of amides is 1. The third-order valence-corrected chi connectivity index (χ3v) is 6.40. The van der Waals surface area contributed by atoms with E-state index in [1.807, 2.05) is 6.92 Å². The van der Waals surface area contributed by atoms with Crippen molar-refractivity contribution in [2.75, 3.05) is 0 Å². The first-order valence-electron chi connectivity index (χ1n) is 9.59. The van der Waals surface area contributed by atoms with Crippen molar-refractivity contribution in [3.63, 3.8) is 0 Å². The minimum Gasteiger partial charge on any atom is -0.350 e. The van der Waals surface area contributed by atoms with E-state index in [2.05, 4.69) is 15.3 Å². The summed E-state index contributed by atoms with van der Waals surface area (Å²) in [5, 5.41) is 3.63. The monoisotopic (exact) mass is 399 g/mol. The highest BCUT2D eigenvalue weighted by atomic mass is 32.1. The highest BCUT2D eigenvalue weighted by Gasteiger charge is 2.20. The number of rotatable bonds is 5. The Morgan fingerprint density at radius 2 is 2.04 bits per heavy atom. The second-order valence-corrected chi connectivity index (χ2v) is 8.33. The van der Waals surface area contributed by atoms with Gasteiger partial charge in [-0.1, -0.05) is 12.1 Å². The van der Waals surface area contributed by atoms with Crippen LogP contribution in [0.2, 0.25) is 0 Å². The minimum absolute atomic E-state index is 0.0977. The molecule has 0 bridgehead atoms. The average molecular weight is 399 g/mol. The van der Waals surface area contributed by atoms with E-state index < -0.39 is 0 Å². The van der Waals surface area contributed by atoms with Crippen molar-refractivity contribution in [2.45, 2.75) is 51.5 Å². The first kappa shape index (κ1) is 18.8. The summed E-state index contributed by atoms with van der Waals surface area (Å²) in [6.45, 7) is 1.85. The van der Waals surface area contributed by atoms with Crippen LogP contribution in [-0.4, -0.2) is 15.9 Å². The Balaban J connectivity index is 1.43. The zero-order valence-electron chi connectivity index (χ0n) is 15.7. The number of halogens is 1. The predicted molar refractivity (Wildman–Crippen MR) is 108 cm³/mol. The summed E-state index contributed by atoms with van der Waals surface area (Å²) in [6.07, 6.45) is 4.85. The molecule has 3 aromatic rings. The molecule has 1 aliphatic rings. The number of aryl methyl sites for hydroxylation is 3. The number of carbonyl (C=O) groups is 1. The molecule has 2 heterocycles. The van der Waals surface area contributed by atoms with Crippen molar-refractivity contribution in [1.29, 1.82) is 0 Å². The molecule has 2 N–H and O–H groups in total. The lowest BCUT2D eigenvalue weighted by Crippen LogP contribution is -2.27. The van der Waals surface area contributed by atoms with Crippen LogP contribution in [0.15, 0.2) is 29.1 Å². The van der Waals surface area contributed by atoms with Gasteiger partial charge in [-0.25, -0.2) is 9.37 Å². The number of aromatic nitrogens is 2. The number of fused-ring (bicyclic) bond motifs is 3. The number of H-pyrrole nitrogens is 1. The number of hydrogen-bond donors (Lipinski definition) is 2. The normalized spacial score (nSPS) is 14.6. The first-order chi connectivity index (χ1) is 13.5. The lowest BCUT2D eigenvalue weighted by Gasteiger charge is -2.14. The number of carbonyl (C=O) groups excluding carboxylic acids is 1. The molecule has 0 aliphatic heterocycles. The maximum atomic E-state index is 13.0. The van der Waals surface area contributed by atoms with Gasteiger partial charge in [0, 0.05) is 17.7 Å². The molecule has 1 atom stereocenters. The molecule has 0 saturated carbocycles. The van der Waals surface area contributed by atoms with Crippen LogP contribution in [0.1, 0.15) is 54.1 Å². The van der Waals surface area contributed by atoms with Crippen LogP contribution in [0.25, 0.3) is 10.2 Å². The van der Waals surface area contributed by atoms with Crippen molar-refractivity contribution >= 4 is 27.5 Å². The molecule has 4 rings (SSSR count). The van der Waals surface area contributed by atoms with E-state index in [-0.39, 0.29) is 29.7 Å². The zero-order chi connectivity index (χ0) is 19.7. The van der Waals surface area contributed by atoms with Crippen LogP contribution >= 0.6 is 11.3 Å². The van der Waals surface area contributed by atoms with Gasteiger partial charge in [0.25, 0.3) is 5.56 Å². The van der Waals surface area contributed by atoms with E-state index in [9.17, 15) is 14.0 Å². The van der Waals surface area contributed by atoms with Gasteiger partial charge in [-0.3, -0.25) is 9.59 Å². The lowest BCUT2D eigenvalue weighted by molar-refractivity contribution is -0.121. The molecule has 0 fully saturated rings. The van der Waals surface area contributed by atoms with Gasteiger partial charge >= 0.3 is 0 Å². The molecular formula is C21H22FN3O2S. The van der Waals surface area contributed by atoms with E-state index >= 15 is 0 Å². The van der Waals surface area contributed by atoms with E-state index in [0.717, 1.165) is 47.0 Å². The summed E-state index contributed by atoms with van der Waals surface area (Å²) in [5.41, 5.74) is 1.91. The first-order valence-corrected chi connectivity index (χ1v) is 10.4. The van der Waals surface area contributed by atoms with Crippen molar-refractivity contribution in [3.05, 3.63) is 62.3 Å².